The molecule has 2 rings (SSSR count). The lowest BCUT2D eigenvalue weighted by Gasteiger charge is -2.20. The fourth-order valence-corrected chi connectivity index (χ4v) is 1.71. The SMILES string of the molecule is O=C(O)CSc1nnc(C2CCC2)o1. The third kappa shape index (κ3) is 2.06. The van der Waals surface area contributed by atoms with Crippen molar-refractivity contribution in [3.05, 3.63) is 5.89 Å². The first-order valence-electron chi connectivity index (χ1n) is 4.43. The molecule has 1 fully saturated rings. The van der Waals surface area contributed by atoms with Gasteiger partial charge in [0.2, 0.25) is 5.89 Å². The molecule has 1 aliphatic carbocycles. The first kappa shape index (κ1) is 9.51. The highest BCUT2D eigenvalue weighted by Gasteiger charge is 2.25. The van der Waals surface area contributed by atoms with Crippen LogP contribution in [-0.2, 0) is 4.79 Å². The van der Waals surface area contributed by atoms with Gasteiger partial charge in [-0.2, -0.15) is 0 Å². The van der Waals surface area contributed by atoms with Crippen LogP contribution in [0.15, 0.2) is 9.64 Å². The van der Waals surface area contributed by atoms with Crippen LogP contribution in [0.2, 0.25) is 0 Å². The lowest BCUT2D eigenvalue weighted by Crippen LogP contribution is -2.08. The molecule has 0 unspecified atom stereocenters. The van der Waals surface area contributed by atoms with Crippen LogP contribution in [0, 0.1) is 0 Å². The molecule has 14 heavy (non-hydrogen) atoms. The number of nitrogens with zero attached hydrogens (tertiary/aromatic N) is 2. The molecular weight excluding hydrogens is 204 g/mol. The molecule has 0 spiro atoms. The predicted molar refractivity (Wildman–Crippen MR) is 49.2 cm³/mol. The molecule has 1 aromatic rings. The van der Waals surface area contributed by atoms with Gasteiger partial charge >= 0.3 is 5.97 Å². The van der Waals surface area contributed by atoms with E-state index in [9.17, 15) is 4.79 Å². The van der Waals surface area contributed by atoms with Crippen LogP contribution < -0.4 is 0 Å². The molecule has 1 aliphatic rings. The highest BCUT2D eigenvalue weighted by Crippen LogP contribution is 2.36. The summed E-state index contributed by atoms with van der Waals surface area (Å²) in [6, 6.07) is 0. The van der Waals surface area contributed by atoms with Gasteiger partial charge in [-0.15, -0.1) is 10.2 Å². The van der Waals surface area contributed by atoms with Crippen LogP contribution in [0.4, 0.5) is 0 Å². The van der Waals surface area contributed by atoms with Crippen LogP contribution >= 0.6 is 11.8 Å². The van der Waals surface area contributed by atoms with E-state index in [1.807, 2.05) is 0 Å². The van der Waals surface area contributed by atoms with Gasteiger partial charge in [0.05, 0.1) is 0 Å². The van der Waals surface area contributed by atoms with E-state index in [-0.39, 0.29) is 5.75 Å². The number of aliphatic carboxylic acids is 1. The third-order valence-corrected chi connectivity index (χ3v) is 3.00. The molecule has 1 heterocycles. The Labute approximate surface area is 84.9 Å². The van der Waals surface area contributed by atoms with Crippen LogP contribution in [0.25, 0.3) is 0 Å². The molecule has 1 N–H and O–H groups in total. The Balaban J connectivity index is 1.92. The number of aromatic nitrogens is 2. The molecule has 1 saturated carbocycles. The van der Waals surface area contributed by atoms with Crippen LogP contribution in [0.5, 0.6) is 0 Å². The van der Waals surface area contributed by atoms with E-state index >= 15 is 0 Å². The van der Waals surface area contributed by atoms with Crippen molar-refractivity contribution in [3.63, 3.8) is 0 Å². The molecule has 5 nitrogen and oxygen atoms in total. The number of carboxylic acid groups (broad SMARTS) is 1. The molecule has 0 aromatic carbocycles. The van der Waals surface area contributed by atoms with Gasteiger partial charge in [-0.05, 0) is 12.8 Å². The Bertz CT molecular complexity index is 335. The fraction of sp³-hybridized carbons (Fsp3) is 0.625. The van der Waals surface area contributed by atoms with E-state index in [1.54, 1.807) is 0 Å². The molecule has 0 radical (unpaired) electrons. The Morgan fingerprint density at radius 2 is 2.36 bits per heavy atom. The minimum atomic E-state index is -0.876. The monoisotopic (exact) mass is 214 g/mol. The summed E-state index contributed by atoms with van der Waals surface area (Å²) in [4.78, 5) is 10.3. The summed E-state index contributed by atoms with van der Waals surface area (Å²) in [7, 11) is 0. The van der Waals surface area contributed by atoms with Crippen molar-refractivity contribution >= 4 is 17.7 Å². The smallest absolute Gasteiger partial charge is 0.314 e. The highest BCUT2D eigenvalue weighted by atomic mass is 32.2. The lowest BCUT2D eigenvalue weighted by atomic mass is 9.85. The Hall–Kier alpha value is -1.04. The number of hydrogen-bond donors (Lipinski definition) is 1. The zero-order valence-corrected chi connectivity index (χ0v) is 8.29. The van der Waals surface area contributed by atoms with Crippen molar-refractivity contribution in [2.75, 3.05) is 5.75 Å². The summed E-state index contributed by atoms with van der Waals surface area (Å²) in [5.41, 5.74) is 0. The van der Waals surface area contributed by atoms with Crippen molar-refractivity contribution in [1.29, 1.82) is 0 Å². The molecule has 1 aromatic heterocycles. The second-order valence-corrected chi connectivity index (χ2v) is 4.14. The zero-order chi connectivity index (χ0) is 9.97. The number of thioether (sulfide) groups is 1. The van der Waals surface area contributed by atoms with E-state index in [2.05, 4.69) is 10.2 Å². The third-order valence-electron chi connectivity index (χ3n) is 2.20. The van der Waals surface area contributed by atoms with Crippen LogP contribution in [0.1, 0.15) is 31.1 Å². The Morgan fingerprint density at radius 1 is 1.57 bits per heavy atom. The minimum Gasteiger partial charge on any atom is -0.481 e. The summed E-state index contributed by atoms with van der Waals surface area (Å²) in [6.45, 7) is 0. The molecule has 0 amide bonds. The van der Waals surface area contributed by atoms with E-state index < -0.39 is 5.97 Å². The summed E-state index contributed by atoms with van der Waals surface area (Å²) in [5.74, 6) is 0.149. The van der Waals surface area contributed by atoms with Gasteiger partial charge in [-0.25, -0.2) is 0 Å². The van der Waals surface area contributed by atoms with E-state index in [0.717, 1.165) is 24.6 Å². The van der Waals surface area contributed by atoms with Crippen molar-refractivity contribution in [1.82, 2.24) is 10.2 Å². The van der Waals surface area contributed by atoms with Gasteiger partial charge in [0, 0.05) is 5.92 Å². The number of rotatable bonds is 4. The zero-order valence-electron chi connectivity index (χ0n) is 7.47. The van der Waals surface area contributed by atoms with Gasteiger partial charge < -0.3 is 9.52 Å². The maximum atomic E-state index is 10.3. The minimum absolute atomic E-state index is 0.0354. The van der Waals surface area contributed by atoms with Gasteiger partial charge in [-0.3, -0.25) is 4.79 Å². The summed E-state index contributed by atoms with van der Waals surface area (Å²) in [6.07, 6.45) is 3.42. The van der Waals surface area contributed by atoms with Gasteiger partial charge in [0.15, 0.2) is 0 Å². The lowest BCUT2D eigenvalue weighted by molar-refractivity contribution is -0.133. The predicted octanol–water partition coefficient (Wildman–Crippen LogP) is 1.51. The largest absolute Gasteiger partial charge is 0.481 e. The van der Waals surface area contributed by atoms with Crippen molar-refractivity contribution in [2.45, 2.75) is 30.4 Å². The van der Waals surface area contributed by atoms with E-state index in [1.165, 1.54) is 6.42 Å². The standard InChI is InChI=1S/C8H10N2O3S/c11-6(12)4-14-8-10-9-7(13-8)5-2-1-3-5/h5H,1-4H2,(H,11,12). The fourth-order valence-electron chi connectivity index (χ4n) is 1.22. The van der Waals surface area contributed by atoms with Crippen molar-refractivity contribution < 1.29 is 14.3 Å². The molecular formula is C8H10N2O3S. The second-order valence-electron chi connectivity index (χ2n) is 3.22. The normalized spacial score (nSPS) is 16.6. The van der Waals surface area contributed by atoms with Crippen LogP contribution in [0.3, 0.4) is 0 Å². The summed E-state index contributed by atoms with van der Waals surface area (Å²) in [5, 5.41) is 16.5. The van der Waals surface area contributed by atoms with Crippen LogP contribution in [-0.4, -0.2) is 27.0 Å². The first-order valence-corrected chi connectivity index (χ1v) is 5.42. The maximum absolute atomic E-state index is 10.3. The van der Waals surface area contributed by atoms with Gasteiger partial charge in [0.1, 0.15) is 5.75 Å². The average molecular weight is 214 g/mol. The average Bonchev–Trinajstić information content (AvgIpc) is 2.46. The molecule has 0 bridgehead atoms. The van der Waals surface area contributed by atoms with E-state index in [0.29, 0.717) is 17.0 Å². The highest BCUT2D eigenvalue weighted by molar-refractivity contribution is 7.99. The summed E-state index contributed by atoms with van der Waals surface area (Å²) >= 11 is 1.06. The van der Waals surface area contributed by atoms with Crippen molar-refractivity contribution in [2.24, 2.45) is 0 Å². The van der Waals surface area contributed by atoms with E-state index in [4.69, 9.17) is 9.52 Å². The number of hydrogen-bond acceptors (Lipinski definition) is 5. The first-order chi connectivity index (χ1) is 6.75. The maximum Gasteiger partial charge on any atom is 0.314 e. The molecule has 0 atom stereocenters. The summed E-state index contributed by atoms with van der Waals surface area (Å²) < 4.78 is 5.32. The Kier molecular flexibility index (Phi) is 2.72. The second kappa shape index (κ2) is 4.00. The van der Waals surface area contributed by atoms with Gasteiger partial charge in [-0.1, -0.05) is 18.2 Å². The van der Waals surface area contributed by atoms with Gasteiger partial charge in [0.25, 0.3) is 5.22 Å². The number of carbonyl (C=O) groups is 1. The van der Waals surface area contributed by atoms with Crippen molar-refractivity contribution in [3.8, 4) is 0 Å². The topological polar surface area (TPSA) is 76.2 Å². The number of carboxylic acids is 1. The molecule has 0 saturated heterocycles. The Morgan fingerprint density at radius 3 is 2.93 bits per heavy atom. The molecule has 0 aliphatic heterocycles. The molecule has 76 valence electrons. The molecule has 6 heteroatoms. The quantitative estimate of drug-likeness (QED) is 0.765.